The molecule has 0 radical (unpaired) electrons. The third-order valence-electron chi connectivity index (χ3n) is 3.85. The fourth-order valence-corrected chi connectivity index (χ4v) is 2.62. The highest BCUT2D eigenvalue weighted by atomic mass is 19.3. The van der Waals surface area contributed by atoms with Gasteiger partial charge in [0.05, 0.1) is 7.11 Å². The molecule has 1 aromatic heterocycles. The van der Waals surface area contributed by atoms with Crippen molar-refractivity contribution in [3.05, 3.63) is 59.9 Å². The molecule has 0 spiro atoms. The summed E-state index contributed by atoms with van der Waals surface area (Å²) in [5.41, 5.74) is 1.34. The lowest BCUT2D eigenvalue weighted by molar-refractivity contribution is -0.0512. The van der Waals surface area contributed by atoms with Gasteiger partial charge >= 0.3 is 6.61 Å². The molecule has 0 aliphatic carbocycles. The average Bonchev–Trinajstić information content (AvgIpc) is 3.05. The number of fused-ring (bicyclic) bond motifs is 1. The van der Waals surface area contributed by atoms with Crippen LogP contribution >= 0.6 is 0 Å². The van der Waals surface area contributed by atoms with Crippen molar-refractivity contribution in [1.82, 2.24) is 4.90 Å². The first-order chi connectivity index (χ1) is 12.5. The van der Waals surface area contributed by atoms with E-state index in [4.69, 9.17) is 9.15 Å². The number of benzene rings is 2. The molecule has 0 saturated heterocycles. The Morgan fingerprint density at radius 2 is 1.92 bits per heavy atom. The van der Waals surface area contributed by atoms with Gasteiger partial charge in [-0.15, -0.1) is 0 Å². The smallest absolute Gasteiger partial charge is 0.387 e. The predicted molar refractivity (Wildman–Crippen MR) is 91.6 cm³/mol. The van der Waals surface area contributed by atoms with Crippen LogP contribution < -0.4 is 9.47 Å². The van der Waals surface area contributed by atoms with Crippen LogP contribution in [0.25, 0.3) is 11.0 Å². The fourth-order valence-electron chi connectivity index (χ4n) is 2.62. The molecule has 5 nitrogen and oxygen atoms in total. The van der Waals surface area contributed by atoms with E-state index in [1.807, 2.05) is 18.2 Å². The van der Waals surface area contributed by atoms with Gasteiger partial charge in [0, 0.05) is 19.0 Å². The van der Waals surface area contributed by atoms with Crippen LogP contribution in [0.4, 0.5) is 8.78 Å². The monoisotopic (exact) mass is 361 g/mol. The summed E-state index contributed by atoms with van der Waals surface area (Å²) in [5.74, 6) is 0.0660. The zero-order valence-corrected chi connectivity index (χ0v) is 14.2. The van der Waals surface area contributed by atoms with Gasteiger partial charge in [0.2, 0.25) is 0 Å². The molecular weight excluding hydrogens is 344 g/mol. The van der Waals surface area contributed by atoms with Gasteiger partial charge in [0.1, 0.15) is 5.58 Å². The van der Waals surface area contributed by atoms with Crippen molar-refractivity contribution in [3.8, 4) is 11.5 Å². The molecule has 1 amide bonds. The third kappa shape index (κ3) is 3.77. The minimum Gasteiger partial charge on any atom is -0.493 e. The molecule has 3 rings (SSSR count). The van der Waals surface area contributed by atoms with E-state index in [1.54, 1.807) is 31.3 Å². The van der Waals surface area contributed by atoms with Crippen LogP contribution in [0.2, 0.25) is 0 Å². The number of ether oxygens (including phenoxy) is 2. The second-order valence-electron chi connectivity index (χ2n) is 5.67. The van der Waals surface area contributed by atoms with E-state index >= 15 is 0 Å². The molecule has 0 fully saturated rings. The van der Waals surface area contributed by atoms with Crippen LogP contribution in [0.15, 0.2) is 52.9 Å². The first-order valence-electron chi connectivity index (χ1n) is 7.83. The van der Waals surface area contributed by atoms with Crippen molar-refractivity contribution in [2.45, 2.75) is 13.2 Å². The summed E-state index contributed by atoms with van der Waals surface area (Å²) < 4.78 is 39.8. The molecule has 3 aromatic rings. The predicted octanol–water partition coefficient (Wildman–Crippen LogP) is 4.32. The highest BCUT2D eigenvalue weighted by Gasteiger charge is 2.18. The quantitative estimate of drug-likeness (QED) is 0.656. The van der Waals surface area contributed by atoms with Crippen LogP contribution in [0.5, 0.6) is 11.5 Å². The fraction of sp³-hybridized carbons (Fsp3) is 0.211. The Morgan fingerprint density at radius 3 is 2.62 bits per heavy atom. The van der Waals surface area contributed by atoms with Gasteiger partial charge in [-0.3, -0.25) is 4.79 Å². The maximum absolute atomic E-state index is 12.6. The van der Waals surface area contributed by atoms with E-state index in [2.05, 4.69) is 4.74 Å². The van der Waals surface area contributed by atoms with E-state index in [1.165, 1.54) is 18.1 Å². The minimum atomic E-state index is -2.94. The number of nitrogens with zero attached hydrogens (tertiary/aromatic N) is 1. The molecule has 1 heterocycles. The molecule has 26 heavy (non-hydrogen) atoms. The number of hydrogen-bond acceptors (Lipinski definition) is 4. The summed E-state index contributed by atoms with van der Waals surface area (Å²) in [6.07, 6.45) is 0. The minimum absolute atomic E-state index is 0.0579. The van der Waals surface area contributed by atoms with E-state index in [0.29, 0.717) is 11.1 Å². The maximum atomic E-state index is 12.6. The van der Waals surface area contributed by atoms with Crippen LogP contribution in [0.3, 0.4) is 0 Å². The summed E-state index contributed by atoms with van der Waals surface area (Å²) in [6, 6.07) is 13.6. The number of para-hydroxylation sites is 1. The van der Waals surface area contributed by atoms with E-state index < -0.39 is 6.61 Å². The number of hydrogen-bond donors (Lipinski definition) is 0. The SMILES string of the molecule is COc1cc(CN(C)C(=O)c2cc3ccccc3o2)ccc1OC(F)F. The Balaban J connectivity index is 1.76. The number of methoxy groups -OCH3 is 1. The number of carbonyl (C=O) groups excluding carboxylic acids is 1. The Morgan fingerprint density at radius 1 is 1.15 bits per heavy atom. The van der Waals surface area contributed by atoms with Crippen molar-refractivity contribution in [3.63, 3.8) is 0 Å². The third-order valence-corrected chi connectivity index (χ3v) is 3.85. The van der Waals surface area contributed by atoms with Crippen LogP contribution in [-0.4, -0.2) is 31.6 Å². The second kappa shape index (κ2) is 7.43. The number of rotatable bonds is 6. The van der Waals surface area contributed by atoms with Crippen molar-refractivity contribution in [1.29, 1.82) is 0 Å². The molecular formula is C19H17F2NO4. The highest BCUT2D eigenvalue weighted by Crippen LogP contribution is 2.30. The van der Waals surface area contributed by atoms with Crippen LogP contribution in [0, 0.1) is 0 Å². The van der Waals surface area contributed by atoms with Gasteiger partial charge in [0.15, 0.2) is 17.3 Å². The average molecular weight is 361 g/mol. The number of alkyl halides is 2. The molecule has 136 valence electrons. The molecule has 0 aliphatic heterocycles. The van der Waals surface area contributed by atoms with Gasteiger partial charge in [-0.25, -0.2) is 0 Å². The molecule has 7 heteroatoms. The van der Waals surface area contributed by atoms with E-state index in [0.717, 1.165) is 5.39 Å². The summed E-state index contributed by atoms with van der Waals surface area (Å²) in [5, 5.41) is 0.847. The Kier molecular flexibility index (Phi) is 5.06. The first kappa shape index (κ1) is 17.7. The van der Waals surface area contributed by atoms with E-state index in [-0.39, 0.29) is 29.7 Å². The molecule has 0 aliphatic rings. The van der Waals surface area contributed by atoms with Crippen LogP contribution in [-0.2, 0) is 6.54 Å². The Bertz CT molecular complexity index is 890. The Labute approximate surface area is 148 Å². The Hall–Kier alpha value is -3.09. The van der Waals surface area contributed by atoms with Crippen molar-refractivity contribution < 1.29 is 27.5 Å². The highest BCUT2D eigenvalue weighted by molar-refractivity contribution is 5.95. The summed E-state index contributed by atoms with van der Waals surface area (Å²) in [4.78, 5) is 14.0. The topological polar surface area (TPSA) is 51.9 Å². The number of halogens is 2. The van der Waals surface area contributed by atoms with Crippen molar-refractivity contribution >= 4 is 16.9 Å². The van der Waals surface area contributed by atoms with Crippen molar-refractivity contribution in [2.75, 3.05) is 14.2 Å². The maximum Gasteiger partial charge on any atom is 0.387 e. The summed E-state index contributed by atoms with van der Waals surface area (Å²) in [7, 11) is 2.99. The molecule has 0 bridgehead atoms. The van der Waals surface area contributed by atoms with Gasteiger partial charge < -0.3 is 18.8 Å². The lowest BCUT2D eigenvalue weighted by Gasteiger charge is -2.17. The lowest BCUT2D eigenvalue weighted by Crippen LogP contribution is -2.25. The summed E-state index contributed by atoms with van der Waals surface area (Å²) in [6.45, 7) is -2.69. The zero-order chi connectivity index (χ0) is 18.7. The molecule has 0 atom stereocenters. The normalized spacial score (nSPS) is 11.0. The van der Waals surface area contributed by atoms with Gasteiger partial charge in [-0.05, 0) is 29.8 Å². The molecule has 0 saturated carbocycles. The summed E-state index contributed by atoms with van der Waals surface area (Å²) >= 11 is 0. The molecule has 0 unspecified atom stereocenters. The van der Waals surface area contributed by atoms with Gasteiger partial charge in [0.25, 0.3) is 5.91 Å². The lowest BCUT2D eigenvalue weighted by atomic mass is 10.2. The number of amides is 1. The largest absolute Gasteiger partial charge is 0.493 e. The second-order valence-corrected chi connectivity index (χ2v) is 5.67. The van der Waals surface area contributed by atoms with Gasteiger partial charge in [-0.2, -0.15) is 8.78 Å². The van der Waals surface area contributed by atoms with E-state index in [9.17, 15) is 13.6 Å². The van der Waals surface area contributed by atoms with Crippen LogP contribution in [0.1, 0.15) is 16.1 Å². The number of furan rings is 1. The molecule has 2 aromatic carbocycles. The number of carbonyl (C=O) groups is 1. The van der Waals surface area contributed by atoms with Gasteiger partial charge in [-0.1, -0.05) is 24.3 Å². The first-order valence-corrected chi connectivity index (χ1v) is 7.83. The zero-order valence-electron chi connectivity index (χ0n) is 14.2. The van der Waals surface area contributed by atoms with Crippen molar-refractivity contribution in [2.24, 2.45) is 0 Å². The standard InChI is InChI=1S/C19H17F2NO4/c1-22(18(23)17-10-13-5-3-4-6-14(13)25-17)11-12-7-8-15(26-19(20)21)16(9-12)24-2/h3-10,19H,11H2,1-2H3. The molecule has 0 N–H and O–H groups in total.